The summed E-state index contributed by atoms with van der Waals surface area (Å²) in [7, 11) is 0. The fraction of sp³-hybridized carbons (Fsp3) is 0.286. The molecule has 1 aromatic heterocycles. The van der Waals surface area contributed by atoms with Crippen LogP contribution in [-0.4, -0.2) is 35.9 Å². The lowest BCUT2D eigenvalue weighted by Gasteiger charge is -2.16. The van der Waals surface area contributed by atoms with Crippen LogP contribution < -0.4 is 25.8 Å². The quantitative estimate of drug-likeness (QED) is 0.313. The second-order valence-electron chi connectivity index (χ2n) is 6.78. The van der Waals surface area contributed by atoms with E-state index in [1.54, 1.807) is 6.07 Å². The highest BCUT2D eigenvalue weighted by atomic mass is 79.9. The molecule has 2 aromatic carbocycles. The highest BCUT2D eigenvalue weighted by Gasteiger charge is 2.15. The standard InChI is InChI=1S/C21H22BrClFN5O4/c1-2-31-17-7-13(10-26-5-6-27-21(30)19-20(25)29-33-28-19)15(22)9-18(17)32-11-12-3-4-14(24)8-16(12)23/h3-4,7-9,26H,2,5-6,10-11H2,1H3,(H2,25,29)(H,27,30). The van der Waals surface area contributed by atoms with E-state index in [1.807, 2.05) is 19.1 Å². The smallest absolute Gasteiger partial charge is 0.277 e. The number of aromatic nitrogens is 2. The lowest BCUT2D eigenvalue weighted by atomic mass is 10.2. The molecule has 3 rings (SSSR count). The van der Waals surface area contributed by atoms with Crippen LogP contribution in [0, 0.1) is 5.82 Å². The molecule has 4 N–H and O–H groups in total. The van der Waals surface area contributed by atoms with Gasteiger partial charge in [-0.3, -0.25) is 4.79 Å². The molecule has 3 aromatic rings. The minimum Gasteiger partial charge on any atom is -0.490 e. The molecule has 0 bridgehead atoms. The normalized spacial score (nSPS) is 10.8. The van der Waals surface area contributed by atoms with Gasteiger partial charge in [-0.2, -0.15) is 0 Å². The van der Waals surface area contributed by atoms with Gasteiger partial charge in [-0.1, -0.05) is 33.6 Å². The second kappa shape index (κ2) is 11.8. The molecule has 9 nitrogen and oxygen atoms in total. The molecule has 1 heterocycles. The summed E-state index contributed by atoms with van der Waals surface area (Å²) in [5.74, 6) is 0.171. The molecule has 0 spiro atoms. The first-order valence-corrected chi connectivity index (χ1v) is 11.1. The van der Waals surface area contributed by atoms with Crippen molar-refractivity contribution in [2.24, 2.45) is 0 Å². The summed E-state index contributed by atoms with van der Waals surface area (Å²) in [6.45, 7) is 3.84. The Balaban J connectivity index is 1.56. The van der Waals surface area contributed by atoms with Crippen LogP contribution in [0.25, 0.3) is 0 Å². The number of rotatable bonds is 11. The van der Waals surface area contributed by atoms with Crippen molar-refractivity contribution in [1.29, 1.82) is 0 Å². The summed E-state index contributed by atoms with van der Waals surface area (Å²) >= 11 is 9.63. The van der Waals surface area contributed by atoms with E-state index in [0.717, 1.165) is 10.0 Å². The first-order valence-electron chi connectivity index (χ1n) is 9.98. The maximum Gasteiger partial charge on any atom is 0.277 e. The maximum absolute atomic E-state index is 13.3. The molecule has 0 aliphatic heterocycles. The van der Waals surface area contributed by atoms with Gasteiger partial charge in [-0.25, -0.2) is 9.02 Å². The van der Waals surface area contributed by atoms with Crippen LogP contribution in [0.4, 0.5) is 10.2 Å². The minimum atomic E-state index is -0.460. The zero-order valence-corrected chi connectivity index (χ0v) is 20.0. The van der Waals surface area contributed by atoms with E-state index >= 15 is 0 Å². The van der Waals surface area contributed by atoms with Crippen LogP contribution in [-0.2, 0) is 13.2 Å². The third kappa shape index (κ3) is 6.80. The number of nitrogen functional groups attached to an aromatic ring is 1. The van der Waals surface area contributed by atoms with E-state index in [4.69, 9.17) is 26.8 Å². The van der Waals surface area contributed by atoms with Crippen molar-refractivity contribution in [3.05, 3.63) is 62.5 Å². The number of halogens is 3. The Bertz CT molecular complexity index is 1110. The first kappa shape index (κ1) is 24.7. The van der Waals surface area contributed by atoms with Gasteiger partial charge in [0.2, 0.25) is 11.5 Å². The predicted octanol–water partition coefficient (Wildman–Crippen LogP) is 3.70. The molecule has 33 heavy (non-hydrogen) atoms. The molecule has 0 aliphatic carbocycles. The van der Waals surface area contributed by atoms with Gasteiger partial charge in [-0.05, 0) is 47.1 Å². The SMILES string of the molecule is CCOc1cc(CNCCNC(=O)c2nonc2N)c(Br)cc1OCc1ccc(F)cc1Cl. The van der Waals surface area contributed by atoms with E-state index in [0.29, 0.717) is 48.3 Å². The van der Waals surface area contributed by atoms with Crippen LogP contribution in [0.5, 0.6) is 11.5 Å². The molecule has 1 amide bonds. The molecule has 176 valence electrons. The van der Waals surface area contributed by atoms with Gasteiger partial charge >= 0.3 is 0 Å². The third-order valence-electron chi connectivity index (χ3n) is 4.44. The van der Waals surface area contributed by atoms with Gasteiger partial charge in [0.1, 0.15) is 12.4 Å². The van der Waals surface area contributed by atoms with Gasteiger partial charge in [-0.15, -0.1) is 0 Å². The molecule has 12 heteroatoms. The van der Waals surface area contributed by atoms with E-state index in [9.17, 15) is 9.18 Å². The van der Waals surface area contributed by atoms with Crippen LogP contribution >= 0.6 is 27.5 Å². The molecular formula is C21H22BrClFN5O4. The number of ether oxygens (including phenoxy) is 2. The van der Waals surface area contributed by atoms with E-state index < -0.39 is 11.7 Å². The van der Waals surface area contributed by atoms with Crippen LogP contribution in [0.3, 0.4) is 0 Å². The van der Waals surface area contributed by atoms with Crippen LogP contribution in [0.1, 0.15) is 28.5 Å². The average Bonchev–Trinajstić information content (AvgIpc) is 3.21. The molecule has 0 atom stereocenters. The Morgan fingerprint density at radius 1 is 1.18 bits per heavy atom. The molecule has 0 radical (unpaired) electrons. The fourth-order valence-electron chi connectivity index (χ4n) is 2.81. The van der Waals surface area contributed by atoms with Gasteiger partial charge < -0.3 is 25.8 Å². The van der Waals surface area contributed by atoms with Crippen molar-refractivity contribution in [3.63, 3.8) is 0 Å². The van der Waals surface area contributed by atoms with Crippen molar-refractivity contribution >= 4 is 39.3 Å². The van der Waals surface area contributed by atoms with Crippen LogP contribution in [0.2, 0.25) is 5.02 Å². The predicted molar refractivity (Wildman–Crippen MR) is 124 cm³/mol. The van der Waals surface area contributed by atoms with Gasteiger partial charge in [0.15, 0.2) is 11.5 Å². The number of benzene rings is 2. The lowest BCUT2D eigenvalue weighted by Crippen LogP contribution is -2.32. The summed E-state index contributed by atoms with van der Waals surface area (Å²) in [6.07, 6.45) is 0. The van der Waals surface area contributed by atoms with Gasteiger partial charge in [0.05, 0.1) is 11.6 Å². The van der Waals surface area contributed by atoms with E-state index in [1.165, 1.54) is 12.1 Å². The van der Waals surface area contributed by atoms with Gasteiger partial charge in [0.25, 0.3) is 5.91 Å². The van der Waals surface area contributed by atoms with Crippen molar-refractivity contribution < 1.29 is 23.3 Å². The van der Waals surface area contributed by atoms with Crippen molar-refractivity contribution in [1.82, 2.24) is 20.9 Å². The van der Waals surface area contributed by atoms with Crippen molar-refractivity contribution in [2.75, 3.05) is 25.4 Å². The number of hydrogen-bond donors (Lipinski definition) is 3. The number of nitrogens with two attached hydrogens (primary N) is 1. The summed E-state index contributed by atoms with van der Waals surface area (Å²) in [5.41, 5.74) is 7.04. The number of carbonyl (C=O) groups is 1. The summed E-state index contributed by atoms with van der Waals surface area (Å²) in [5, 5.41) is 13.0. The number of hydrogen-bond acceptors (Lipinski definition) is 8. The van der Waals surface area contributed by atoms with Gasteiger partial charge in [0, 0.05) is 29.7 Å². The lowest BCUT2D eigenvalue weighted by molar-refractivity contribution is 0.0944. The summed E-state index contributed by atoms with van der Waals surface area (Å²) in [4.78, 5) is 11.9. The molecular weight excluding hydrogens is 521 g/mol. The maximum atomic E-state index is 13.3. The van der Waals surface area contributed by atoms with Crippen LogP contribution in [0.15, 0.2) is 39.4 Å². The number of nitrogens with zero attached hydrogens (tertiary/aromatic N) is 2. The zero-order valence-electron chi connectivity index (χ0n) is 17.7. The Morgan fingerprint density at radius 2 is 1.97 bits per heavy atom. The Labute approximate surface area is 202 Å². The molecule has 0 fully saturated rings. The first-order chi connectivity index (χ1) is 15.9. The van der Waals surface area contributed by atoms with Crippen molar-refractivity contribution in [3.8, 4) is 11.5 Å². The average molecular weight is 543 g/mol. The highest BCUT2D eigenvalue weighted by Crippen LogP contribution is 2.35. The molecule has 0 saturated heterocycles. The van der Waals surface area contributed by atoms with E-state index in [-0.39, 0.29) is 18.1 Å². The topological polar surface area (TPSA) is 125 Å². The fourth-order valence-corrected chi connectivity index (χ4v) is 3.50. The molecule has 0 saturated carbocycles. The number of carbonyl (C=O) groups excluding carboxylic acids is 1. The second-order valence-corrected chi connectivity index (χ2v) is 8.04. The minimum absolute atomic E-state index is 0.0448. The Kier molecular flexibility index (Phi) is 8.87. The zero-order chi connectivity index (χ0) is 23.8. The largest absolute Gasteiger partial charge is 0.490 e. The molecule has 0 aliphatic rings. The number of anilines is 1. The number of nitrogens with one attached hydrogen (secondary N) is 2. The Hall–Kier alpha value is -2.89. The van der Waals surface area contributed by atoms with E-state index in [2.05, 4.69) is 41.5 Å². The monoisotopic (exact) mass is 541 g/mol. The Morgan fingerprint density at radius 3 is 2.67 bits per heavy atom. The third-order valence-corrected chi connectivity index (χ3v) is 5.53. The summed E-state index contributed by atoms with van der Waals surface area (Å²) < 4.78 is 30.1. The summed E-state index contributed by atoms with van der Waals surface area (Å²) in [6, 6.07) is 7.83. The highest BCUT2D eigenvalue weighted by molar-refractivity contribution is 9.10. The number of amides is 1. The molecule has 0 unspecified atom stereocenters. The van der Waals surface area contributed by atoms with Crippen molar-refractivity contribution in [2.45, 2.75) is 20.1 Å².